The van der Waals surface area contributed by atoms with E-state index in [0.29, 0.717) is 11.8 Å². The maximum absolute atomic E-state index is 5.83. The van der Waals surface area contributed by atoms with E-state index in [1.165, 1.54) is 5.56 Å². The van der Waals surface area contributed by atoms with Crippen LogP contribution in [-0.4, -0.2) is 16.5 Å². The van der Waals surface area contributed by atoms with E-state index in [2.05, 4.69) is 15.3 Å². The minimum absolute atomic E-state index is 0. The molecule has 102 valence electrons. The molecule has 6 heteroatoms. The lowest BCUT2D eigenvalue weighted by molar-refractivity contribution is 0.977. The number of benzene rings is 1. The number of aromatic nitrogens is 2. The number of nitrogen functional groups attached to an aromatic ring is 1. The maximum Gasteiger partial charge on any atom is 0.224 e. The number of rotatable bonds is 4. The molecule has 1 aromatic heterocycles. The minimum atomic E-state index is 0. The first kappa shape index (κ1) is 15.5. The van der Waals surface area contributed by atoms with Crippen LogP contribution >= 0.6 is 24.0 Å². The molecule has 0 atom stereocenters. The van der Waals surface area contributed by atoms with E-state index in [-0.39, 0.29) is 12.4 Å². The van der Waals surface area contributed by atoms with Crippen molar-refractivity contribution in [1.29, 1.82) is 0 Å². The van der Waals surface area contributed by atoms with Crippen LogP contribution in [0.25, 0.3) is 0 Å². The Labute approximate surface area is 123 Å². The Hall–Kier alpha value is -1.52. The molecule has 0 spiro atoms. The van der Waals surface area contributed by atoms with Gasteiger partial charge in [0.25, 0.3) is 0 Å². The predicted octanol–water partition coefficient (Wildman–Crippen LogP) is 3.10. The molecule has 2 aromatic rings. The highest BCUT2D eigenvalue weighted by molar-refractivity contribution is 6.30. The van der Waals surface area contributed by atoms with Crippen molar-refractivity contribution < 1.29 is 0 Å². The largest absolute Gasteiger partial charge is 0.384 e. The van der Waals surface area contributed by atoms with Gasteiger partial charge in [-0.1, -0.05) is 23.7 Å². The lowest BCUT2D eigenvalue weighted by atomic mass is 10.1. The molecule has 0 unspecified atom stereocenters. The average Bonchev–Trinajstić information content (AvgIpc) is 2.30. The lowest BCUT2D eigenvalue weighted by Crippen LogP contribution is -2.09. The molecule has 4 nitrogen and oxygen atoms in total. The second-order valence-corrected chi connectivity index (χ2v) is 4.50. The van der Waals surface area contributed by atoms with Crippen LogP contribution in [0.4, 0.5) is 11.8 Å². The third kappa shape index (κ3) is 4.93. The smallest absolute Gasteiger partial charge is 0.224 e. The summed E-state index contributed by atoms with van der Waals surface area (Å²) >= 11 is 5.83. The number of nitrogens with one attached hydrogen (secondary N) is 1. The molecule has 0 saturated carbocycles. The maximum atomic E-state index is 5.83. The molecule has 2 rings (SSSR count). The molecule has 3 N–H and O–H groups in total. The first-order chi connectivity index (χ1) is 8.63. The SMILES string of the molecule is Cc1cc(N)nc(NCCc2ccc(Cl)cc2)n1.Cl. The number of hydrogen-bond acceptors (Lipinski definition) is 4. The monoisotopic (exact) mass is 298 g/mol. The third-order valence-corrected chi connectivity index (χ3v) is 2.74. The Morgan fingerprint density at radius 1 is 1.21 bits per heavy atom. The van der Waals surface area contributed by atoms with Gasteiger partial charge in [0.2, 0.25) is 5.95 Å². The van der Waals surface area contributed by atoms with Crippen molar-refractivity contribution >= 4 is 35.8 Å². The molecule has 0 radical (unpaired) electrons. The number of aryl methyl sites for hydroxylation is 1. The standard InChI is InChI=1S/C13H15ClN4.ClH/c1-9-8-12(15)18-13(17-9)16-7-6-10-2-4-11(14)5-3-10;/h2-5,8H,6-7H2,1H3,(H3,15,16,17,18);1H. The molecule has 0 amide bonds. The fourth-order valence-electron chi connectivity index (χ4n) is 1.64. The minimum Gasteiger partial charge on any atom is -0.384 e. The molecule has 19 heavy (non-hydrogen) atoms. The Bertz CT molecular complexity index is 508. The zero-order valence-corrected chi connectivity index (χ0v) is 12.1. The van der Waals surface area contributed by atoms with Gasteiger partial charge in [-0.2, -0.15) is 4.98 Å². The summed E-state index contributed by atoms with van der Waals surface area (Å²) in [5, 5.41) is 3.91. The van der Waals surface area contributed by atoms with Crippen molar-refractivity contribution in [1.82, 2.24) is 9.97 Å². The van der Waals surface area contributed by atoms with E-state index >= 15 is 0 Å². The number of hydrogen-bond donors (Lipinski definition) is 2. The fraction of sp³-hybridized carbons (Fsp3) is 0.231. The van der Waals surface area contributed by atoms with Gasteiger partial charge in [0, 0.05) is 23.3 Å². The fourth-order valence-corrected chi connectivity index (χ4v) is 1.77. The Morgan fingerprint density at radius 2 is 1.89 bits per heavy atom. The average molecular weight is 299 g/mol. The van der Waals surface area contributed by atoms with Crippen molar-refractivity contribution in [2.75, 3.05) is 17.6 Å². The van der Waals surface area contributed by atoms with Gasteiger partial charge in [-0.3, -0.25) is 0 Å². The van der Waals surface area contributed by atoms with Crippen LogP contribution in [0.1, 0.15) is 11.3 Å². The van der Waals surface area contributed by atoms with Gasteiger partial charge in [0.05, 0.1) is 0 Å². The first-order valence-electron chi connectivity index (χ1n) is 5.73. The van der Waals surface area contributed by atoms with Gasteiger partial charge in [-0.25, -0.2) is 4.98 Å². The molecule has 0 saturated heterocycles. The van der Waals surface area contributed by atoms with E-state index in [9.17, 15) is 0 Å². The molecular weight excluding hydrogens is 283 g/mol. The van der Waals surface area contributed by atoms with Crippen molar-refractivity contribution in [2.45, 2.75) is 13.3 Å². The Kier molecular flexibility index (Phi) is 5.86. The molecule has 0 aliphatic carbocycles. The van der Waals surface area contributed by atoms with E-state index < -0.39 is 0 Å². The summed E-state index contributed by atoms with van der Waals surface area (Å²) in [6, 6.07) is 9.53. The number of halogens is 2. The molecule has 0 fully saturated rings. The zero-order valence-electron chi connectivity index (χ0n) is 10.6. The summed E-state index contributed by atoms with van der Waals surface area (Å²) in [5.41, 5.74) is 7.73. The Balaban J connectivity index is 0.00000180. The van der Waals surface area contributed by atoms with Crippen molar-refractivity contribution in [3.8, 4) is 0 Å². The van der Waals surface area contributed by atoms with Gasteiger partial charge in [0.15, 0.2) is 0 Å². The van der Waals surface area contributed by atoms with Gasteiger partial charge in [-0.15, -0.1) is 12.4 Å². The van der Waals surface area contributed by atoms with Crippen LogP contribution in [0.3, 0.4) is 0 Å². The number of anilines is 2. The molecule has 0 aliphatic heterocycles. The van der Waals surface area contributed by atoms with Crippen molar-refractivity contribution in [3.05, 3.63) is 46.6 Å². The summed E-state index contributed by atoms with van der Waals surface area (Å²) < 4.78 is 0. The summed E-state index contributed by atoms with van der Waals surface area (Å²) in [7, 11) is 0. The molecule has 1 aromatic carbocycles. The second kappa shape index (κ2) is 7.16. The normalized spacial score (nSPS) is 9.79. The van der Waals surface area contributed by atoms with Gasteiger partial charge >= 0.3 is 0 Å². The van der Waals surface area contributed by atoms with Crippen LogP contribution < -0.4 is 11.1 Å². The molecule has 1 heterocycles. The van der Waals surface area contributed by atoms with Gasteiger partial charge in [0.1, 0.15) is 5.82 Å². The van der Waals surface area contributed by atoms with Crippen LogP contribution in [0.5, 0.6) is 0 Å². The van der Waals surface area contributed by atoms with Crippen LogP contribution in [0, 0.1) is 6.92 Å². The van der Waals surface area contributed by atoms with Crippen molar-refractivity contribution in [3.63, 3.8) is 0 Å². The number of nitrogens with two attached hydrogens (primary N) is 1. The highest BCUT2D eigenvalue weighted by Gasteiger charge is 1.99. The highest BCUT2D eigenvalue weighted by atomic mass is 35.5. The third-order valence-electron chi connectivity index (χ3n) is 2.48. The molecule has 0 bridgehead atoms. The second-order valence-electron chi connectivity index (χ2n) is 4.06. The first-order valence-corrected chi connectivity index (χ1v) is 6.11. The summed E-state index contributed by atoms with van der Waals surface area (Å²) in [6.45, 7) is 2.65. The highest BCUT2D eigenvalue weighted by Crippen LogP contribution is 2.10. The van der Waals surface area contributed by atoms with E-state index in [1.807, 2.05) is 31.2 Å². The van der Waals surface area contributed by atoms with Crippen molar-refractivity contribution in [2.24, 2.45) is 0 Å². The van der Waals surface area contributed by atoms with Gasteiger partial charge < -0.3 is 11.1 Å². The topological polar surface area (TPSA) is 63.8 Å². The van der Waals surface area contributed by atoms with E-state index in [1.54, 1.807) is 6.07 Å². The predicted molar refractivity (Wildman–Crippen MR) is 82.1 cm³/mol. The Morgan fingerprint density at radius 3 is 2.53 bits per heavy atom. The van der Waals surface area contributed by atoms with Crippen LogP contribution in [0.2, 0.25) is 5.02 Å². The summed E-state index contributed by atoms with van der Waals surface area (Å²) in [5.74, 6) is 1.05. The number of nitrogens with zero attached hydrogens (tertiary/aromatic N) is 2. The van der Waals surface area contributed by atoms with Crippen LogP contribution in [0.15, 0.2) is 30.3 Å². The van der Waals surface area contributed by atoms with Gasteiger partial charge in [-0.05, 0) is 31.0 Å². The van der Waals surface area contributed by atoms with Crippen LogP contribution in [-0.2, 0) is 6.42 Å². The zero-order chi connectivity index (χ0) is 13.0. The molecular formula is C13H16Cl2N4. The van der Waals surface area contributed by atoms with E-state index in [4.69, 9.17) is 17.3 Å². The van der Waals surface area contributed by atoms with E-state index in [0.717, 1.165) is 23.7 Å². The lowest BCUT2D eigenvalue weighted by Gasteiger charge is -2.06. The quantitative estimate of drug-likeness (QED) is 0.910. The molecule has 0 aliphatic rings. The summed E-state index contributed by atoms with van der Waals surface area (Å²) in [6.07, 6.45) is 0.883. The summed E-state index contributed by atoms with van der Waals surface area (Å²) in [4.78, 5) is 8.37.